The average molecular weight is 303 g/mol. The molecule has 2 rings (SSSR count). The van der Waals surface area contributed by atoms with Crippen LogP contribution < -0.4 is 11.1 Å². The Hall–Kier alpha value is -0.280. The van der Waals surface area contributed by atoms with Crippen LogP contribution in [-0.4, -0.2) is 19.0 Å². The molecular weight excluding hydrogens is 272 g/mol. The second-order valence-corrected chi connectivity index (χ2v) is 6.75. The maximum Gasteiger partial charge on any atom is 0.220 e. The van der Waals surface area contributed by atoms with E-state index in [1.165, 1.54) is 51.4 Å². The third kappa shape index (κ3) is 5.25. The van der Waals surface area contributed by atoms with Crippen LogP contribution in [0.4, 0.5) is 0 Å². The molecule has 2 saturated carbocycles. The Kier molecular flexibility index (Phi) is 7.90. The molecule has 118 valence electrons. The minimum absolute atomic E-state index is 0. The maximum absolute atomic E-state index is 12.2. The number of hydrogen-bond acceptors (Lipinski definition) is 2. The van der Waals surface area contributed by atoms with Crippen molar-refractivity contribution >= 4 is 18.3 Å². The summed E-state index contributed by atoms with van der Waals surface area (Å²) in [6.07, 6.45) is 13.4. The normalized spacial score (nSPS) is 22.9. The van der Waals surface area contributed by atoms with Crippen LogP contribution in [0.1, 0.15) is 70.6 Å². The van der Waals surface area contributed by atoms with Gasteiger partial charge in [-0.05, 0) is 43.6 Å². The summed E-state index contributed by atoms with van der Waals surface area (Å²) in [5.74, 6) is 0.954. The van der Waals surface area contributed by atoms with Gasteiger partial charge in [-0.15, -0.1) is 12.4 Å². The molecule has 4 heteroatoms. The molecule has 2 aliphatic carbocycles. The smallest absolute Gasteiger partial charge is 0.220 e. The Morgan fingerprint density at radius 2 is 1.65 bits per heavy atom. The molecule has 0 unspecified atom stereocenters. The fraction of sp³-hybridized carbons (Fsp3) is 0.938. The summed E-state index contributed by atoms with van der Waals surface area (Å²) in [7, 11) is 0. The third-order valence-corrected chi connectivity index (χ3v) is 5.20. The number of carbonyl (C=O) groups is 1. The zero-order chi connectivity index (χ0) is 13.6. The fourth-order valence-corrected chi connectivity index (χ4v) is 3.81. The van der Waals surface area contributed by atoms with Crippen LogP contribution in [0.3, 0.4) is 0 Å². The third-order valence-electron chi connectivity index (χ3n) is 5.20. The van der Waals surface area contributed by atoms with Gasteiger partial charge in [0.1, 0.15) is 0 Å². The van der Waals surface area contributed by atoms with Crippen molar-refractivity contribution in [2.75, 3.05) is 13.1 Å². The molecule has 0 aliphatic heterocycles. The highest BCUT2D eigenvalue weighted by Gasteiger charge is 2.32. The van der Waals surface area contributed by atoms with Gasteiger partial charge >= 0.3 is 0 Å². The molecule has 0 heterocycles. The van der Waals surface area contributed by atoms with E-state index in [0.29, 0.717) is 13.0 Å². The second kappa shape index (κ2) is 8.89. The molecule has 0 aromatic rings. The van der Waals surface area contributed by atoms with Gasteiger partial charge in [0.15, 0.2) is 0 Å². The van der Waals surface area contributed by atoms with Crippen LogP contribution in [0, 0.1) is 11.3 Å². The van der Waals surface area contributed by atoms with E-state index < -0.39 is 0 Å². The summed E-state index contributed by atoms with van der Waals surface area (Å²) in [5.41, 5.74) is 6.05. The molecule has 2 aliphatic rings. The first kappa shape index (κ1) is 17.8. The Balaban J connectivity index is 0.00000200. The molecule has 0 atom stereocenters. The lowest BCUT2D eigenvalue weighted by Crippen LogP contribution is -2.39. The molecule has 0 aromatic heterocycles. The number of hydrogen-bond donors (Lipinski definition) is 2. The Morgan fingerprint density at radius 1 is 1.05 bits per heavy atom. The lowest BCUT2D eigenvalue weighted by molar-refractivity contribution is -0.124. The van der Waals surface area contributed by atoms with E-state index in [1.807, 2.05) is 0 Å². The van der Waals surface area contributed by atoms with Crippen molar-refractivity contribution in [1.29, 1.82) is 0 Å². The number of amides is 1. The van der Waals surface area contributed by atoms with Crippen molar-refractivity contribution in [3.05, 3.63) is 0 Å². The van der Waals surface area contributed by atoms with Gasteiger partial charge in [0.2, 0.25) is 5.91 Å². The summed E-state index contributed by atoms with van der Waals surface area (Å²) in [5, 5.41) is 3.16. The largest absolute Gasteiger partial charge is 0.356 e. The standard InChI is InChI=1S/C16H30N2O.ClH/c17-13-16(9-5-2-6-10-16)11-15(19)18-12-14-7-3-1-4-8-14;/h14H,1-13,17H2,(H,18,19);1H. The first-order valence-electron chi connectivity index (χ1n) is 8.21. The van der Waals surface area contributed by atoms with Crippen molar-refractivity contribution in [1.82, 2.24) is 5.32 Å². The molecule has 20 heavy (non-hydrogen) atoms. The maximum atomic E-state index is 12.2. The van der Waals surface area contributed by atoms with E-state index in [4.69, 9.17) is 5.73 Å². The predicted molar refractivity (Wildman–Crippen MR) is 86.0 cm³/mol. The first-order valence-corrected chi connectivity index (χ1v) is 8.21. The summed E-state index contributed by atoms with van der Waals surface area (Å²) in [6.45, 7) is 1.56. The predicted octanol–water partition coefficient (Wildman–Crippen LogP) is 3.40. The van der Waals surface area contributed by atoms with Crippen molar-refractivity contribution in [2.45, 2.75) is 70.6 Å². The summed E-state index contributed by atoms with van der Waals surface area (Å²) < 4.78 is 0. The molecule has 3 nitrogen and oxygen atoms in total. The van der Waals surface area contributed by atoms with E-state index in [1.54, 1.807) is 0 Å². The summed E-state index contributed by atoms with van der Waals surface area (Å²) in [4.78, 5) is 12.2. The van der Waals surface area contributed by atoms with E-state index in [0.717, 1.165) is 25.3 Å². The SMILES string of the molecule is Cl.NCC1(CC(=O)NCC2CCCCC2)CCCCC1. The van der Waals surface area contributed by atoms with Gasteiger partial charge in [0.05, 0.1) is 0 Å². The monoisotopic (exact) mass is 302 g/mol. The van der Waals surface area contributed by atoms with Gasteiger partial charge in [0, 0.05) is 13.0 Å². The summed E-state index contributed by atoms with van der Waals surface area (Å²) >= 11 is 0. The average Bonchev–Trinajstić information content (AvgIpc) is 2.47. The van der Waals surface area contributed by atoms with E-state index in [2.05, 4.69) is 5.32 Å². The van der Waals surface area contributed by atoms with Gasteiger partial charge in [-0.2, -0.15) is 0 Å². The molecule has 0 radical (unpaired) electrons. The van der Waals surface area contributed by atoms with Crippen LogP contribution in [0.15, 0.2) is 0 Å². The van der Waals surface area contributed by atoms with Crippen molar-refractivity contribution in [3.8, 4) is 0 Å². The molecule has 1 amide bonds. The molecule has 2 fully saturated rings. The number of carbonyl (C=O) groups excluding carboxylic acids is 1. The molecule has 3 N–H and O–H groups in total. The quantitative estimate of drug-likeness (QED) is 0.818. The summed E-state index contributed by atoms with van der Waals surface area (Å²) in [6, 6.07) is 0. The molecule has 0 spiro atoms. The zero-order valence-corrected chi connectivity index (χ0v) is 13.5. The Morgan fingerprint density at radius 3 is 2.25 bits per heavy atom. The van der Waals surface area contributed by atoms with E-state index in [9.17, 15) is 4.79 Å². The van der Waals surface area contributed by atoms with E-state index >= 15 is 0 Å². The Bertz CT molecular complexity index is 284. The fourth-order valence-electron chi connectivity index (χ4n) is 3.81. The van der Waals surface area contributed by atoms with Crippen LogP contribution in [-0.2, 0) is 4.79 Å². The van der Waals surface area contributed by atoms with Crippen molar-refractivity contribution in [3.63, 3.8) is 0 Å². The van der Waals surface area contributed by atoms with Crippen LogP contribution in [0.2, 0.25) is 0 Å². The molecule has 0 bridgehead atoms. The second-order valence-electron chi connectivity index (χ2n) is 6.75. The molecule has 0 aromatic carbocycles. The number of halogens is 1. The number of nitrogens with one attached hydrogen (secondary N) is 1. The zero-order valence-electron chi connectivity index (χ0n) is 12.7. The van der Waals surface area contributed by atoms with Crippen molar-refractivity contribution < 1.29 is 4.79 Å². The van der Waals surface area contributed by atoms with Gasteiger partial charge in [-0.25, -0.2) is 0 Å². The van der Waals surface area contributed by atoms with Crippen LogP contribution in [0.5, 0.6) is 0 Å². The van der Waals surface area contributed by atoms with Gasteiger partial charge < -0.3 is 11.1 Å². The molecule has 0 saturated heterocycles. The number of nitrogens with two attached hydrogens (primary N) is 1. The van der Waals surface area contributed by atoms with Crippen LogP contribution in [0.25, 0.3) is 0 Å². The number of rotatable bonds is 5. The highest BCUT2D eigenvalue weighted by molar-refractivity contribution is 5.85. The minimum atomic E-state index is 0. The van der Waals surface area contributed by atoms with Gasteiger partial charge in [-0.3, -0.25) is 4.79 Å². The first-order chi connectivity index (χ1) is 9.24. The highest BCUT2D eigenvalue weighted by Crippen LogP contribution is 2.38. The highest BCUT2D eigenvalue weighted by atomic mass is 35.5. The van der Waals surface area contributed by atoms with Gasteiger partial charge in [0.25, 0.3) is 0 Å². The lowest BCUT2D eigenvalue weighted by atomic mass is 9.71. The minimum Gasteiger partial charge on any atom is -0.356 e. The van der Waals surface area contributed by atoms with Gasteiger partial charge in [-0.1, -0.05) is 38.5 Å². The van der Waals surface area contributed by atoms with Crippen LogP contribution >= 0.6 is 12.4 Å². The van der Waals surface area contributed by atoms with E-state index in [-0.39, 0.29) is 23.7 Å². The topological polar surface area (TPSA) is 55.1 Å². The lowest BCUT2D eigenvalue weighted by Gasteiger charge is -2.35. The Labute approximate surface area is 129 Å². The van der Waals surface area contributed by atoms with Crippen molar-refractivity contribution in [2.24, 2.45) is 17.1 Å². The molecular formula is C16H31ClN2O.